The third-order valence-electron chi connectivity index (χ3n) is 2.00. The monoisotopic (exact) mass is 242 g/mol. The summed E-state index contributed by atoms with van der Waals surface area (Å²) in [6, 6.07) is 0. The molecule has 13 heavy (non-hydrogen) atoms. The van der Waals surface area contributed by atoms with Gasteiger partial charge < -0.3 is 0 Å². The second-order valence-corrected chi connectivity index (χ2v) is 4.47. The lowest BCUT2D eigenvalue weighted by Gasteiger charge is -2.08. The lowest BCUT2D eigenvalue weighted by atomic mass is 10.1. The first kappa shape index (κ1) is 10.6. The van der Waals surface area contributed by atoms with Crippen molar-refractivity contribution in [2.75, 3.05) is 0 Å². The van der Waals surface area contributed by atoms with Crippen LogP contribution in [0.4, 0.5) is 0 Å². The maximum atomic E-state index is 4.31. The van der Waals surface area contributed by atoms with Crippen LogP contribution in [0.5, 0.6) is 0 Å². The molecule has 0 aromatic carbocycles. The molecule has 2 nitrogen and oxygen atoms in total. The van der Waals surface area contributed by atoms with Crippen LogP contribution in [0.2, 0.25) is 0 Å². The van der Waals surface area contributed by atoms with Gasteiger partial charge in [-0.05, 0) is 13.3 Å². The number of aryl methyl sites for hydroxylation is 1. The summed E-state index contributed by atoms with van der Waals surface area (Å²) in [5.74, 6) is 0. The second kappa shape index (κ2) is 5.32. The Morgan fingerprint density at radius 2 is 2.08 bits per heavy atom. The summed E-state index contributed by atoms with van der Waals surface area (Å²) >= 11 is 3.64. The summed E-state index contributed by atoms with van der Waals surface area (Å²) in [5.41, 5.74) is 2.15. The van der Waals surface area contributed by atoms with Gasteiger partial charge in [-0.1, -0.05) is 29.3 Å². The summed E-state index contributed by atoms with van der Waals surface area (Å²) in [7, 11) is 0. The van der Waals surface area contributed by atoms with E-state index >= 15 is 0 Å². The Bertz CT molecular complexity index is 263. The Labute approximate surface area is 87.9 Å². The molecule has 1 rings (SSSR count). The Kier molecular flexibility index (Phi) is 4.36. The molecule has 0 saturated heterocycles. The van der Waals surface area contributed by atoms with E-state index in [1.807, 2.05) is 6.92 Å². The van der Waals surface area contributed by atoms with Crippen LogP contribution in [-0.4, -0.2) is 14.8 Å². The maximum absolute atomic E-state index is 4.31. The van der Waals surface area contributed by atoms with Crippen LogP contribution >= 0.6 is 15.9 Å². The van der Waals surface area contributed by atoms with E-state index in [2.05, 4.69) is 32.8 Å². The minimum absolute atomic E-state index is 0.535. The molecule has 1 aromatic rings. The van der Waals surface area contributed by atoms with Crippen LogP contribution < -0.4 is 0 Å². The van der Waals surface area contributed by atoms with Gasteiger partial charge in [-0.15, -0.1) is 0 Å². The molecule has 0 N–H and O–H groups in total. The lowest BCUT2D eigenvalue weighted by Crippen LogP contribution is -2.06. The summed E-state index contributed by atoms with van der Waals surface area (Å²) < 4.78 is 0. The van der Waals surface area contributed by atoms with Crippen LogP contribution in [0.15, 0.2) is 12.4 Å². The number of aromatic nitrogens is 2. The molecule has 0 aliphatic carbocycles. The molecule has 3 heteroatoms. The minimum Gasteiger partial charge on any atom is -0.258 e. The van der Waals surface area contributed by atoms with Crippen molar-refractivity contribution in [2.45, 2.75) is 37.9 Å². The molecule has 0 spiro atoms. The molecular weight excluding hydrogens is 228 g/mol. The molecule has 0 saturated carbocycles. The molecule has 72 valence electrons. The van der Waals surface area contributed by atoms with Gasteiger partial charge >= 0.3 is 0 Å². The van der Waals surface area contributed by atoms with E-state index in [0.29, 0.717) is 4.83 Å². The molecule has 1 unspecified atom stereocenters. The third kappa shape index (κ3) is 3.43. The van der Waals surface area contributed by atoms with E-state index in [9.17, 15) is 0 Å². The second-order valence-electron chi connectivity index (χ2n) is 3.18. The van der Waals surface area contributed by atoms with Gasteiger partial charge in [0.25, 0.3) is 0 Å². The van der Waals surface area contributed by atoms with E-state index in [1.165, 1.54) is 12.8 Å². The van der Waals surface area contributed by atoms with Crippen molar-refractivity contribution < 1.29 is 0 Å². The Morgan fingerprint density at radius 3 is 2.69 bits per heavy atom. The largest absolute Gasteiger partial charge is 0.258 e. The fraction of sp³-hybridized carbons (Fsp3) is 0.600. The fourth-order valence-electron chi connectivity index (χ4n) is 1.26. The molecule has 0 aliphatic rings. The number of rotatable bonds is 4. The quantitative estimate of drug-likeness (QED) is 0.760. The van der Waals surface area contributed by atoms with Crippen molar-refractivity contribution in [2.24, 2.45) is 0 Å². The van der Waals surface area contributed by atoms with E-state index in [1.54, 1.807) is 12.4 Å². The number of nitrogens with zero attached hydrogens (tertiary/aromatic N) is 2. The van der Waals surface area contributed by atoms with Crippen LogP contribution in [0, 0.1) is 6.92 Å². The zero-order valence-electron chi connectivity index (χ0n) is 8.13. The predicted octanol–water partition coefficient (Wildman–Crippen LogP) is 2.89. The Balaban J connectivity index is 2.58. The highest BCUT2D eigenvalue weighted by Crippen LogP contribution is 2.14. The van der Waals surface area contributed by atoms with Gasteiger partial charge in [0.05, 0.1) is 11.4 Å². The first-order chi connectivity index (χ1) is 6.24. The smallest absolute Gasteiger partial charge is 0.0626 e. The van der Waals surface area contributed by atoms with Gasteiger partial charge in [-0.2, -0.15) is 0 Å². The summed E-state index contributed by atoms with van der Waals surface area (Å²) in [6.45, 7) is 4.20. The molecule has 1 atom stereocenters. The normalized spacial score (nSPS) is 12.8. The van der Waals surface area contributed by atoms with Crippen LogP contribution in [0.25, 0.3) is 0 Å². The highest BCUT2D eigenvalue weighted by molar-refractivity contribution is 9.09. The minimum atomic E-state index is 0.535. The zero-order chi connectivity index (χ0) is 9.68. The molecule has 0 radical (unpaired) electrons. The van der Waals surface area contributed by atoms with Crippen molar-refractivity contribution in [3.63, 3.8) is 0 Å². The van der Waals surface area contributed by atoms with Gasteiger partial charge in [0.15, 0.2) is 0 Å². The van der Waals surface area contributed by atoms with Crippen LogP contribution in [-0.2, 0) is 6.42 Å². The molecule has 0 fully saturated rings. The van der Waals surface area contributed by atoms with E-state index < -0.39 is 0 Å². The van der Waals surface area contributed by atoms with Crippen LogP contribution in [0.1, 0.15) is 31.2 Å². The van der Waals surface area contributed by atoms with Crippen molar-refractivity contribution in [1.82, 2.24) is 9.97 Å². The average molecular weight is 243 g/mol. The highest BCUT2D eigenvalue weighted by atomic mass is 79.9. The van der Waals surface area contributed by atoms with Gasteiger partial charge in [-0.3, -0.25) is 9.97 Å². The standard InChI is InChI=1S/C10H15BrN2/c1-3-4-9(11)7-10-8(2)12-5-6-13-10/h5-6,9H,3-4,7H2,1-2H3. The Hall–Kier alpha value is -0.440. The molecule has 0 amide bonds. The molecule has 0 aliphatic heterocycles. The number of hydrogen-bond acceptors (Lipinski definition) is 2. The summed E-state index contributed by atoms with van der Waals surface area (Å²) in [4.78, 5) is 9.05. The SMILES string of the molecule is CCCC(Br)Cc1nccnc1C. The van der Waals surface area contributed by atoms with Crippen molar-refractivity contribution >= 4 is 15.9 Å². The van der Waals surface area contributed by atoms with Crippen molar-refractivity contribution in [1.29, 1.82) is 0 Å². The van der Waals surface area contributed by atoms with Gasteiger partial charge in [0.1, 0.15) is 0 Å². The van der Waals surface area contributed by atoms with Gasteiger partial charge in [-0.25, -0.2) is 0 Å². The first-order valence-electron chi connectivity index (χ1n) is 4.64. The third-order valence-corrected chi connectivity index (χ3v) is 2.78. The predicted molar refractivity (Wildman–Crippen MR) is 58.1 cm³/mol. The summed E-state index contributed by atoms with van der Waals surface area (Å²) in [5, 5.41) is 0. The van der Waals surface area contributed by atoms with E-state index in [0.717, 1.165) is 17.8 Å². The van der Waals surface area contributed by atoms with Crippen molar-refractivity contribution in [3.05, 3.63) is 23.8 Å². The lowest BCUT2D eigenvalue weighted by molar-refractivity contribution is 0.727. The van der Waals surface area contributed by atoms with Gasteiger partial charge in [0.2, 0.25) is 0 Å². The molecule has 1 aromatic heterocycles. The van der Waals surface area contributed by atoms with Crippen LogP contribution in [0.3, 0.4) is 0 Å². The van der Waals surface area contributed by atoms with E-state index in [-0.39, 0.29) is 0 Å². The number of halogens is 1. The van der Waals surface area contributed by atoms with E-state index in [4.69, 9.17) is 0 Å². The zero-order valence-corrected chi connectivity index (χ0v) is 9.71. The van der Waals surface area contributed by atoms with Gasteiger partial charge in [0, 0.05) is 23.6 Å². The highest BCUT2D eigenvalue weighted by Gasteiger charge is 2.07. The Morgan fingerprint density at radius 1 is 1.38 bits per heavy atom. The summed E-state index contributed by atoms with van der Waals surface area (Å²) in [6.07, 6.45) is 6.87. The number of hydrogen-bond donors (Lipinski definition) is 0. The topological polar surface area (TPSA) is 25.8 Å². The molecule has 0 bridgehead atoms. The molecular formula is C10H15BrN2. The first-order valence-corrected chi connectivity index (χ1v) is 5.56. The molecule has 1 heterocycles. The fourth-order valence-corrected chi connectivity index (χ4v) is 2.03. The number of alkyl halides is 1. The average Bonchev–Trinajstić information content (AvgIpc) is 2.09. The van der Waals surface area contributed by atoms with Crippen molar-refractivity contribution in [3.8, 4) is 0 Å². The maximum Gasteiger partial charge on any atom is 0.0626 e.